The summed E-state index contributed by atoms with van der Waals surface area (Å²) in [5, 5.41) is 11.6. The number of nitrogen functional groups attached to an aromatic ring is 1. The van der Waals surface area contributed by atoms with E-state index in [4.69, 9.17) is 14.9 Å². The van der Waals surface area contributed by atoms with Crippen molar-refractivity contribution in [1.82, 2.24) is 10.3 Å². The predicted molar refractivity (Wildman–Crippen MR) is 88.5 cm³/mol. The Morgan fingerprint density at radius 2 is 2.04 bits per heavy atom. The number of aliphatic carboxylic acids is 1. The van der Waals surface area contributed by atoms with Gasteiger partial charge in [0, 0.05) is 0 Å². The Hall–Kier alpha value is -2.29. The number of carboxylic acids is 1. The first kappa shape index (κ1) is 18.8. The zero-order valence-electron chi connectivity index (χ0n) is 12.8. The van der Waals surface area contributed by atoms with Crippen molar-refractivity contribution in [1.29, 1.82) is 0 Å². The SMILES string of the molecule is Br.CC(C)(C)OC(=O)NC(C(=O)O)c1ccc2oc(N)nc2c1. The molecule has 1 unspecified atom stereocenters. The van der Waals surface area contributed by atoms with Gasteiger partial charge in [0.2, 0.25) is 0 Å². The number of nitrogens with two attached hydrogens (primary N) is 1. The van der Waals surface area contributed by atoms with Gasteiger partial charge in [-0.05, 0) is 38.5 Å². The monoisotopic (exact) mass is 387 g/mol. The number of hydrogen-bond acceptors (Lipinski definition) is 6. The Kier molecular flexibility index (Phi) is 5.60. The van der Waals surface area contributed by atoms with Crippen LogP contribution in [0, 0.1) is 0 Å². The second-order valence-electron chi connectivity index (χ2n) is 5.70. The Morgan fingerprint density at radius 1 is 1.39 bits per heavy atom. The minimum Gasteiger partial charge on any atom is -0.479 e. The molecule has 1 atom stereocenters. The number of alkyl carbamates (subject to hydrolysis) is 1. The lowest BCUT2D eigenvalue weighted by Crippen LogP contribution is -2.38. The van der Waals surface area contributed by atoms with Crippen LogP contribution in [0.1, 0.15) is 32.4 Å². The third-order valence-corrected chi connectivity index (χ3v) is 2.67. The molecule has 0 bridgehead atoms. The average Bonchev–Trinajstić information content (AvgIpc) is 2.72. The van der Waals surface area contributed by atoms with Crippen LogP contribution in [0.2, 0.25) is 0 Å². The molecule has 0 spiro atoms. The van der Waals surface area contributed by atoms with Crippen molar-refractivity contribution in [2.24, 2.45) is 0 Å². The van der Waals surface area contributed by atoms with E-state index in [2.05, 4.69) is 10.3 Å². The Morgan fingerprint density at radius 3 is 2.61 bits per heavy atom. The summed E-state index contributed by atoms with van der Waals surface area (Å²) < 4.78 is 10.2. The molecule has 23 heavy (non-hydrogen) atoms. The normalized spacial score (nSPS) is 12.3. The van der Waals surface area contributed by atoms with E-state index in [-0.39, 0.29) is 23.0 Å². The summed E-state index contributed by atoms with van der Waals surface area (Å²) in [5.41, 5.74) is 5.89. The highest BCUT2D eigenvalue weighted by Crippen LogP contribution is 2.22. The summed E-state index contributed by atoms with van der Waals surface area (Å²) in [4.78, 5) is 27.1. The van der Waals surface area contributed by atoms with Crippen molar-refractivity contribution in [2.45, 2.75) is 32.4 Å². The van der Waals surface area contributed by atoms with E-state index >= 15 is 0 Å². The number of ether oxygens (including phenoxy) is 1. The number of anilines is 1. The maximum Gasteiger partial charge on any atom is 0.408 e. The van der Waals surface area contributed by atoms with Gasteiger partial charge in [0.1, 0.15) is 11.1 Å². The lowest BCUT2D eigenvalue weighted by molar-refractivity contribution is -0.139. The van der Waals surface area contributed by atoms with Gasteiger partial charge in [0.25, 0.3) is 6.01 Å². The zero-order chi connectivity index (χ0) is 16.5. The van der Waals surface area contributed by atoms with Crippen molar-refractivity contribution < 1.29 is 23.8 Å². The number of carbonyl (C=O) groups excluding carboxylic acids is 1. The van der Waals surface area contributed by atoms with E-state index in [1.807, 2.05) is 0 Å². The molecule has 0 radical (unpaired) electrons. The first-order valence-electron chi connectivity index (χ1n) is 6.54. The predicted octanol–water partition coefficient (Wildman–Crippen LogP) is 2.64. The Labute approximate surface area is 142 Å². The molecule has 1 aromatic heterocycles. The fraction of sp³-hybridized carbons (Fsp3) is 0.357. The van der Waals surface area contributed by atoms with Crippen molar-refractivity contribution in [2.75, 3.05) is 5.73 Å². The third-order valence-electron chi connectivity index (χ3n) is 2.67. The molecular formula is C14H18BrN3O5. The summed E-state index contributed by atoms with van der Waals surface area (Å²) in [7, 11) is 0. The number of aromatic nitrogens is 1. The van der Waals surface area contributed by atoms with Gasteiger partial charge in [-0.3, -0.25) is 0 Å². The number of fused-ring (bicyclic) bond motifs is 1. The van der Waals surface area contributed by atoms with Gasteiger partial charge in [0.15, 0.2) is 11.6 Å². The summed E-state index contributed by atoms with van der Waals surface area (Å²) in [6, 6.07) is 3.27. The molecule has 8 nitrogen and oxygen atoms in total. The number of benzene rings is 1. The van der Waals surface area contributed by atoms with Gasteiger partial charge in [-0.2, -0.15) is 4.98 Å². The standard InChI is InChI=1S/C14H17N3O5.BrH/c1-14(2,3)22-13(20)17-10(11(18)19)7-4-5-9-8(6-7)16-12(15)21-9;/h4-6,10H,1-3H3,(H2,15,16)(H,17,20)(H,18,19);1H. The van der Waals surface area contributed by atoms with Crippen LogP contribution >= 0.6 is 17.0 Å². The van der Waals surface area contributed by atoms with Gasteiger partial charge >= 0.3 is 12.1 Å². The third kappa shape index (κ3) is 4.85. The molecule has 0 fully saturated rings. The van der Waals surface area contributed by atoms with Gasteiger partial charge in [0.05, 0.1) is 0 Å². The highest BCUT2D eigenvalue weighted by molar-refractivity contribution is 8.93. The topological polar surface area (TPSA) is 128 Å². The van der Waals surface area contributed by atoms with Crippen LogP contribution in [-0.4, -0.2) is 27.8 Å². The van der Waals surface area contributed by atoms with Gasteiger partial charge in [-0.25, -0.2) is 9.59 Å². The van der Waals surface area contributed by atoms with Gasteiger partial charge in [-0.1, -0.05) is 6.07 Å². The number of halogens is 1. The summed E-state index contributed by atoms with van der Waals surface area (Å²) in [6.07, 6.45) is -0.820. The largest absolute Gasteiger partial charge is 0.479 e. The molecule has 0 saturated carbocycles. The number of nitrogens with one attached hydrogen (secondary N) is 1. The first-order chi connectivity index (χ1) is 10.2. The Bertz CT molecular complexity index is 723. The fourth-order valence-corrected chi connectivity index (χ4v) is 1.85. The van der Waals surface area contributed by atoms with E-state index in [1.54, 1.807) is 26.8 Å². The van der Waals surface area contributed by atoms with Crippen molar-refractivity contribution in [3.8, 4) is 0 Å². The maximum atomic E-state index is 11.8. The van der Waals surface area contributed by atoms with Crippen LogP contribution in [0.4, 0.5) is 10.8 Å². The molecule has 9 heteroatoms. The van der Waals surface area contributed by atoms with Crippen LogP contribution in [0.15, 0.2) is 22.6 Å². The minimum absolute atomic E-state index is 0. The van der Waals surface area contributed by atoms with Crippen LogP contribution in [-0.2, 0) is 9.53 Å². The van der Waals surface area contributed by atoms with E-state index < -0.39 is 23.7 Å². The minimum atomic E-state index is -1.27. The van der Waals surface area contributed by atoms with Gasteiger partial charge < -0.3 is 25.3 Å². The van der Waals surface area contributed by atoms with Crippen molar-refractivity contribution in [3.05, 3.63) is 23.8 Å². The molecule has 0 saturated heterocycles. The molecule has 2 rings (SSSR count). The highest BCUT2D eigenvalue weighted by Gasteiger charge is 2.26. The lowest BCUT2D eigenvalue weighted by Gasteiger charge is -2.22. The molecule has 1 amide bonds. The zero-order valence-corrected chi connectivity index (χ0v) is 14.5. The molecule has 0 aliphatic carbocycles. The average molecular weight is 388 g/mol. The molecule has 0 aliphatic rings. The van der Waals surface area contributed by atoms with Crippen LogP contribution < -0.4 is 11.1 Å². The lowest BCUT2D eigenvalue weighted by atomic mass is 10.1. The summed E-state index contributed by atoms with van der Waals surface area (Å²) in [5.74, 6) is -1.22. The molecule has 1 aromatic carbocycles. The number of amides is 1. The first-order valence-corrected chi connectivity index (χ1v) is 6.54. The second-order valence-corrected chi connectivity index (χ2v) is 5.70. The van der Waals surface area contributed by atoms with Gasteiger partial charge in [-0.15, -0.1) is 17.0 Å². The quantitative estimate of drug-likeness (QED) is 0.737. The number of nitrogens with zero attached hydrogens (tertiary/aromatic N) is 1. The van der Waals surface area contributed by atoms with E-state index in [9.17, 15) is 14.7 Å². The van der Waals surface area contributed by atoms with Crippen LogP contribution in [0.3, 0.4) is 0 Å². The summed E-state index contributed by atoms with van der Waals surface area (Å²) >= 11 is 0. The second kappa shape index (κ2) is 6.86. The smallest absolute Gasteiger partial charge is 0.408 e. The number of carbonyl (C=O) groups is 2. The fourth-order valence-electron chi connectivity index (χ4n) is 1.85. The molecule has 1 heterocycles. The Balaban J connectivity index is 0.00000264. The molecule has 4 N–H and O–H groups in total. The van der Waals surface area contributed by atoms with E-state index in [0.29, 0.717) is 16.7 Å². The molecule has 0 aliphatic heterocycles. The van der Waals surface area contributed by atoms with Crippen molar-refractivity contribution >= 4 is 46.2 Å². The van der Waals surface area contributed by atoms with Crippen LogP contribution in [0.25, 0.3) is 11.1 Å². The molecular weight excluding hydrogens is 370 g/mol. The maximum absolute atomic E-state index is 11.8. The molecule has 126 valence electrons. The van der Waals surface area contributed by atoms with Crippen LogP contribution in [0.5, 0.6) is 0 Å². The van der Waals surface area contributed by atoms with E-state index in [0.717, 1.165) is 0 Å². The summed E-state index contributed by atoms with van der Waals surface area (Å²) in [6.45, 7) is 5.06. The number of rotatable bonds is 3. The number of carboxylic acid groups (broad SMARTS) is 1. The van der Waals surface area contributed by atoms with Crippen molar-refractivity contribution in [3.63, 3.8) is 0 Å². The number of hydrogen-bond donors (Lipinski definition) is 3. The molecule has 2 aromatic rings. The highest BCUT2D eigenvalue weighted by atomic mass is 79.9. The van der Waals surface area contributed by atoms with E-state index in [1.165, 1.54) is 12.1 Å². The number of oxazole rings is 1.